The average Bonchev–Trinajstić information content (AvgIpc) is 2.36. The summed E-state index contributed by atoms with van der Waals surface area (Å²) in [7, 11) is -3.80. The molecule has 0 aromatic heterocycles. The van der Waals surface area contributed by atoms with E-state index in [1.165, 1.54) is 19.1 Å². The molecule has 6 nitrogen and oxygen atoms in total. The average molecular weight is 281 g/mol. The molecule has 1 amide bonds. The molecule has 0 radical (unpaired) electrons. The predicted molar refractivity (Wildman–Crippen MR) is 71.4 cm³/mol. The van der Waals surface area contributed by atoms with Crippen molar-refractivity contribution in [2.75, 3.05) is 6.54 Å². The summed E-state index contributed by atoms with van der Waals surface area (Å²) in [5.41, 5.74) is 10.8. The van der Waals surface area contributed by atoms with E-state index < -0.39 is 22.0 Å². The lowest BCUT2D eigenvalue weighted by Crippen LogP contribution is -2.42. The Kier molecular flexibility index (Phi) is 5.06. The Morgan fingerprint density at radius 3 is 2.74 bits per heavy atom. The Morgan fingerprint density at radius 2 is 2.16 bits per heavy atom. The number of benzene rings is 1. The third-order valence-electron chi connectivity index (χ3n) is 2.24. The van der Waals surface area contributed by atoms with E-state index in [9.17, 15) is 13.2 Å². The Morgan fingerprint density at radius 1 is 1.47 bits per heavy atom. The first-order valence-corrected chi connectivity index (χ1v) is 6.96. The Labute approximate surface area is 112 Å². The molecule has 102 valence electrons. The highest BCUT2D eigenvalue weighted by Crippen LogP contribution is 2.11. The third-order valence-corrected chi connectivity index (χ3v) is 3.78. The molecule has 0 heterocycles. The van der Waals surface area contributed by atoms with Crippen LogP contribution in [0.5, 0.6) is 0 Å². The largest absolute Gasteiger partial charge is 0.368 e. The summed E-state index contributed by atoms with van der Waals surface area (Å²) in [5, 5.41) is 0. The van der Waals surface area contributed by atoms with Gasteiger partial charge in [-0.2, -0.15) is 4.72 Å². The molecule has 0 aliphatic rings. The predicted octanol–water partition coefficient (Wildman–Crippen LogP) is -0.851. The molecule has 0 bridgehead atoms. The van der Waals surface area contributed by atoms with E-state index >= 15 is 0 Å². The molecule has 0 aliphatic heterocycles. The number of primary amides is 1. The maximum absolute atomic E-state index is 12.0. The first kappa shape index (κ1) is 15.2. The summed E-state index contributed by atoms with van der Waals surface area (Å²) in [6, 6.07) is 5.05. The fourth-order valence-electron chi connectivity index (χ4n) is 1.25. The van der Waals surface area contributed by atoms with E-state index in [2.05, 4.69) is 16.6 Å². The number of nitrogens with one attached hydrogen (secondary N) is 1. The smallest absolute Gasteiger partial charge is 0.241 e. The molecule has 1 aromatic carbocycles. The molecule has 7 heteroatoms. The monoisotopic (exact) mass is 281 g/mol. The van der Waals surface area contributed by atoms with Crippen LogP contribution in [0.2, 0.25) is 0 Å². The van der Waals surface area contributed by atoms with E-state index in [0.29, 0.717) is 5.56 Å². The van der Waals surface area contributed by atoms with Crippen LogP contribution in [0.3, 0.4) is 0 Å². The standard InChI is InChI=1S/C12H15N3O3S/c1-9(12(14)16)15-19(17,18)11-6-2-4-10(8-11)5-3-7-13/h2,4,6,8-9,15H,7,13H2,1H3,(H2,14,16). The lowest BCUT2D eigenvalue weighted by atomic mass is 10.2. The second-order valence-corrected chi connectivity index (χ2v) is 5.49. The van der Waals surface area contributed by atoms with Crippen LogP contribution >= 0.6 is 0 Å². The van der Waals surface area contributed by atoms with Crippen LogP contribution in [0.4, 0.5) is 0 Å². The normalized spacial score (nSPS) is 12.3. The number of carbonyl (C=O) groups excluding carboxylic acids is 1. The van der Waals surface area contributed by atoms with Gasteiger partial charge in [-0.25, -0.2) is 8.42 Å². The maximum Gasteiger partial charge on any atom is 0.241 e. The molecule has 1 atom stereocenters. The van der Waals surface area contributed by atoms with Gasteiger partial charge in [0, 0.05) is 5.56 Å². The van der Waals surface area contributed by atoms with Gasteiger partial charge in [-0.1, -0.05) is 17.9 Å². The van der Waals surface area contributed by atoms with Crippen molar-refractivity contribution in [2.24, 2.45) is 11.5 Å². The second kappa shape index (κ2) is 6.33. The van der Waals surface area contributed by atoms with Crippen LogP contribution in [0.25, 0.3) is 0 Å². The van der Waals surface area contributed by atoms with E-state index in [4.69, 9.17) is 11.5 Å². The first-order chi connectivity index (χ1) is 8.86. The number of carbonyl (C=O) groups is 1. The minimum absolute atomic E-state index is 0.0180. The molecule has 0 saturated carbocycles. The molecule has 0 saturated heterocycles. The number of nitrogens with two attached hydrogens (primary N) is 2. The zero-order valence-corrected chi connectivity index (χ0v) is 11.2. The quantitative estimate of drug-likeness (QED) is 0.623. The highest BCUT2D eigenvalue weighted by Gasteiger charge is 2.20. The van der Waals surface area contributed by atoms with Gasteiger partial charge in [0.05, 0.1) is 17.5 Å². The van der Waals surface area contributed by atoms with Crippen LogP contribution in [0.15, 0.2) is 29.2 Å². The van der Waals surface area contributed by atoms with Gasteiger partial charge in [-0.05, 0) is 25.1 Å². The number of hydrogen-bond donors (Lipinski definition) is 3. The van der Waals surface area contributed by atoms with Crippen molar-refractivity contribution < 1.29 is 13.2 Å². The molecular formula is C12H15N3O3S. The van der Waals surface area contributed by atoms with Crippen molar-refractivity contribution in [1.29, 1.82) is 0 Å². The number of amides is 1. The van der Waals surface area contributed by atoms with Gasteiger partial charge in [0.1, 0.15) is 0 Å². The molecule has 5 N–H and O–H groups in total. The number of rotatable bonds is 4. The summed E-state index contributed by atoms with van der Waals surface area (Å²) in [5.74, 6) is 4.62. The van der Waals surface area contributed by atoms with Crippen molar-refractivity contribution in [3.63, 3.8) is 0 Å². The van der Waals surface area contributed by atoms with Crippen molar-refractivity contribution in [3.8, 4) is 11.8 Å². The molecule has 19 heavy (non-hydrogen) atoms. The molecule has 1 rings (SSSR count). The lowest BCUT2D eigenvalue weighted by Gasteiger charge is -2.11. The second-order valence-electron chi connectivity index (χ2n) is 3.78. The fourth-order valence-corrected chi connectivity index (χ4v) is 2.51. The van der Waals surface area contributed by atoms with Gasteiger partial charge >= 0.3 is 0 Å². The SMILES string of the molecule is CC(NS(=O)(=O)c1cccc(C#CCN)c1)C(N)=O. The molecule has 0 fully saturated rings. The molecule has 1 aromatic rings. The van der Waals surface area contributed by atoms with Gasteiger partial charge in [0.25, 0.3) is 0 Å². The van der Waals surface area contributed by atoms with Crippen molar-refractivity contribution >= 4 is 15.9 Å². The van der Waals surface area contributed by atoms with E-state index in [0.717, 1.165) is 0 Å². The van der Waals surface area contributed by atoms with Crippen LogP contribution in [-0.4, -0.2) is 26.9 Å². The van der Waals surface area contributed by atoms with Gasteiger partial charge in [-0.15, -0.1) is 0 Å². The lowest BCUT2D eigenvalue weighted by molar-refractivity contribution is -0.119. The van der Waals surface area contributed by atoms with E-state index in [1.54, 1.807) is 12.1 Å². The summed E-state index contributed by atoms with van der Waals surface area (Å²) >= 11 is 0. The van der Waals surface area contributed by atoms with E-state index in [1.807, 2.05) is 0 Å². The fraction of sp³-hybridized carbons (Fsp3) is 0.250. The van der Waals surface area contributed by atoms with Crippen molar-refractivity contribution in [2.45, 2.75) is 17.9 Å². The van der Waals surface area contributed by atoms with Gasteiger partial charge in [-0.3, -0.25) is 4.79 Å². The number of sulfonamides is 1. The van der Waals surface area contributed by atoms with Crippen LogP contribution < -0.4 is 16.2 Å². The molecule has 1 unspecified atom stereocenters. The summed E-state index contributed by atoms with van der Waals surface area (Å²) in [6.07, 6.45) is 0. The summed E-state index contributed by atoms with van der Waals surface area (Å²) in [4.78, 5) is 10.9. The van der Waals surface area contributed by atoms with Crippen molar-refractivity contribution in [3.05, 3.63) is 29.8 Å². The zero-order chi connectivity index (χ0) is 14.5. The summed E-state index contributed by atoms with van der Waals surface area (Å²) in [6.45, 7) is 1.56. The van der Waals surface area contributed by atoms with Gasteiger partial charge in [0.15, 0.2) is 0 Å². The molecule has 0 aliphatic carbocycles. The molecule has 0 spiro atoms. The Hall–Kier alpha value is -1.88. The zero-order valence-electron chi connectivity index (χ0n) is 10.4. The Balaban J connectivity index is 3.05. The highest BCUT2D eigenvalue weighted by molar-refractivity contribution is 7.89. The van der Waals surface area contributed by atoms with Gasteiger partial charge < -0.3 is 11.5 Å². The minimum Gasteiger partial charge on any atom is -0.368 e. The topological polar surface area (TPSA) is 115 Å². The van der Waals surface area contributed by atoms with Crippen molar-refractivity contribution in [1.82, 2.24) is 4.72 Å². The summed E-state index contributed by atoms with van der Waals surface area (Å²) < 4.78 is 26.1. The minimum atomic E-state index is -3.80. The molecular weight excluding hydrogens is 266 g/mol. The Bertz CT molecular complexity index is 629. The van der Waals surface area contributed by atoms with Gasteiger partial charge in [0.2, 0.25) is 15.9 Å². The van der Waals surface area contributed by atoms with Crippen LogP contribution in [0, 0.1) is 11.8 Å². The number of hydrogen-bond acceptors (Lipinski definition) is 4. The maximum atomic E-state index is 12.0. The highest BCUT2D eigenvalue weighted by atomic mass is 32.2. The van der Waals surface area contributed by atoms with Crippen LogP contribution in [-0.2, 0) is 14.8 Å². The van der Waals surface area contributed by atoms with E-state index in [-0.39, 0.29) is 11.4 Å². The van der Waals surface area contributed by atoms with Crippen LogP contribution in [0.1, 0.15) is 12.5 Å². The first-order valence-electron chi connectivity index (χ1n) is 5.47. The third kappa shape index (κ3) is 4.37.